The van der Waals surface area contributed by atoms with E-state index in [0.717, 1.165) is 11.3 Å². The SMILES string of the molecule is CCOc1ccc(CNC(=O)N2CC(C)CC(C(=O)O)C2)cc1. The number of amides is 2. The van der Waals surface area contributed by atoms with E-state index >= 15 is 0 Å². The van der Waals surface area contributed by atoms with Crippen molar-refractivity contribution in [1.29, 1.82) is 0 Å². The molecule has 1 aliphatic rings. The average Bonchev–Trinajstić information content (AvgIpc) is 2.53. The number of aliphatic carboxylic acids is 1. The predicted molar refractivity (Wildman–Crippen MR) is 86.3 cm³/mol. The fourth-order valence-corrected chi connectivity index (χ4v) is 2.86. The second kappa shape index (κ2) is 7.85. The molecule has 1 aromatic carbocycles. The quantitative estimate of drug-likeness (QED) is 0.873. The maximum Gasteiger partial charge on any atom is 0.317 e. The van der Waals surface area contributed by atoms with Crippen molar-refractivity contribution in [3.63, 3.8) is 0 Å². The highest BCUT2D eigenvalue weighted by molar-refractivity contribution is 5.76. The number of carbonyl (C=O) groups is 2. The van der Waals surface area contributed by atoms with Crippen molar-refractivity contribution in [1.82, 2.24) is 10.2 Å². The molecule has 2 N–H and O–H groups in total. The molecule has 23 heavy (non-hydrogen) atoms. The standard InChI is InChI=1S/C17H24N2O4/c1-3-23-15-6-4-13(5-7-15)9-18-17(22)19-10-12(2)8-14(11-19)16(20)21/h4-7,12,14H,3,8-11H2,1-2H3,(H,18,22)(H,20,21). The molecule has 0 radical (unpaired) electrons. The minimum Gasteiger partial charge on any atom is -0.494 e. The van der Waals surface area contributed by atoms with Crippen LogP contribution in [-0.2, 0) is 11.3 Å². The summed E-state index contributed by atoms with van der Waals surface area (Å²) in [4.78, 5) is 25.0. The highest BCUT2D eigenvalue weighted by atomic mass is 16.5. The van der Waals surface area contributed by atoms with Gasteiger partial charge in [0.25, 0.3) is 0 Å². The van der Waals surface area contributed by atoms with Crippen LogP contribution in [0, 0.1) is 11.8 Å². The molecule has 0 saturated carbocycles. The topological polar surface area (TPSA) is 78.9 Å². The highest BCUT2D eigenvalue weighted by Gasteiger charge is 2.31. The number of carbonyl (C=O) groups excluding carboxylic acids is 1. The van der Waals surface area contributed by atoms with Gasteiger partial charge in [-0.2, -0.15) is 0 Å². The van der Waals surface area contributed by atoms with Crippen molar-refractivity contribution in [2.45, 2.75) is 26.8 Å². The van der Waals surface area contributed by atoms with E-state index < -0.39 is 11.9 Å². The zero-order chi connectivity index (χ0) is 16.8. The molecule has 126 valence electrons. The number of ether oxygens (including phenoxy) is 1. The molecule has 1 saturated heterocycles. The fraction of sp³-hybridized carbons (Fsp3) is 0.529. The number of likely N-dealkylation sites (tertiary alicyclic amines) is 1. The summed E-state index contributed by atoms with van der Waals surface area (Å²) < 4.78 is 5.38. The van der Waals surface area contributed by atoms with Crippen molar-refractivity contribution in [2.75, 3.05) is 19.7 Å². The maximum atomic E-state index is 12.3. The van der Waals surface area contributed by atoms with Gasteiger partial charge in [-0.15, -0.1) is 0 Å². The van der Waals surface area contributed by atoms with E-state index in [1.54, 1.807) is 4.90 Å². The zero-order valence-corrected chi connectivity index (χ0v) is 13.6. The van der Waals surface area contributed by atoms with Crippen LogP contribution in [0.5, 0.6) is 5.75 Å². The van der Waals surface area contributed by atoms with Crippen LogP contribution < -0.4 is 10.1 Å². The Morgan fingerprint density at radius 2 is 2.00 bits per heavy atom. The van der Waals surface area contributed by atoms with E-state index in [2.05, 4.69) is 5.32 Å². The first-order chi connectivity index (χ1) is 11.0. The van der Waals surface area contributed by atoms with Gasteiger partial charge in [-0.25, -0.2) is 4.79 Å². The molecule has 0 bridgehead atoms. The normalized spacial score (nSPS) is 20.9. The lowest BCUT2D eigenvalue weighted by molar-refractivity contribution is -0.143. The first kappa shape index (κ1) is 17.1. The van der Waals surface area contributed by atoms with E-state index in [0.29, 0.717) is 26.1 Å². The molecule has 2 unspecified atom stereocenters. The van der Waals surface area contributed by atoms with Crippen LogP contribution in [0.4, 0.5) is 4.79 Å². The lowest BCUT2D eigenvalue weighted by Gasteiger charge is -2.34. The molecule has 2 atom stereocenters. The van der Waals surface area contributed by atoms with Gasteiger partial charge in [0.1, 0.15) is 5.75 Å². The number of benzene rings is 1. The Morgan fingerprint density at radius 3 is 2.61 bits per heavy atom. The van der Waals surface area contributed by atoms with Crippen molar-refractivity contribution in [3.8, 4) is 5.75 Å². The molecule has 0 aliphatic carbocycles. The van der Waals surface area contributed by atoms with Crippen molar-refractivity contribution in [2.24, 2.45) is 11.8 Å². The third-order valence-electron chi connectivity index (χ3n) is 3.97. The number of hydrogen-bond acceptors (Lipinski definition) is 3. The third-order valence-corrected chi connectivity index (χ3v) is 3.97. The maximum absolute atomic E-state index is 12.3. The predicted octanol–water partition coefficient (Wildman–Crippen LogP) is 2.34. The first-order valence-electron chi connectivity index (χ1n) is 7.97. The summed E-state index contributed by atoms with van der Waals surface area (Å²) >= 11 is 0. The number of nitrogens with zero attached hydrogens (tertiary/aromatic N) is 1. The van der Waals surface area contributed by atoms with E-state index in [1.807, 2.05) is 38.1 Å². The Balaban J connectivity index is 1.87. The smallest absolute Gasteiger partial charge is 0.317 e. The molecule has 1 heterocycles. The van der Waals surface area contributed by atoms with Gasteiger partial charge < -0.3 is 20.1 Å². The lowest BCUT2D eigenvalue weighted by Crippen LogP contribution is -2.49. The molecular weight excluding hydrogens is 296 g/mol. The van der Waals surface area contributed by atoms with Crippen LogP contribution in [0.15, 0.2) is 24.3 Å². The largest absolute Gasteiger partial charge is 0.494 e. The van der Waals surface area contributed by atoms with Crippen LogP contribution in [0.1, 0.15) is 25.8 Å². The van der Waals surface area contributed by atoms with E-state index in [-0.39, 0.29) is 18.5 Å². The molecule has 0 aromatic heterocycles. The van der Waals surface area contributed by atoms with Crippen LogP contribution in [0.3, 0.4) is 0 Å². The number of urea groups is 1. The van der Waals surface area contributed by atoms with Crippen LogP contribution in [0.25, 0.3) is 0 Å². The summed E-state index contributed by atoms with van der Waals surface area (Å²) in [6, 6.07) is 7.34. The van der Waals surface area contributed by atoms with Crippen LogP contribution in [0.2, 0.25) is 0 Å². The summed E-state index contributed by atoms with van der Waals surface area (Å²) in [6.45, 7) is 5.80. The second-order valence-electron chi connectivity index (χ2n) is 6.02. The first-order valence-corrected chi connectivity index (χ1v) is 7.97. The molecule has 0 spiro atoms. The molecule has 1 aliphatic heterocycles. The zero-order valence-electron chi connectivity index (χ0n) is 13.6. The molecule has 1 aromatic rings. The van der Waals surface area contributed by atoms with Gasteiger partial charge in [0.2, 0.25) is 0 Å². The van der Waals surface area contributed by atoms with Crippen LogP contribution >= 0.6 is 0 Å². The third kappa shape index (κ3) is 4.87. The summed E-state index contributed by atoms with van der Waals surface area (Å²) in [7, 11) is 0. The number of carboxylic acid groups (broad SMARTS) is 1. The Morgan fingerprint density at radius 1 is 1.30 bits per heavy atom. The summed E-state index contributed by atoms with van der Waals surface area (Å²) in [5.41, 5.74) is 0.974. The van der Waals surface area contributed by atoms with Gasteiger partial charge in [0, 0.05) is 19.6 Å². The minimum atomic E-state index is -0.833. The Bertz CT molecular complexity index is 544. The molecule has 1 fully saturated rings. The number of rotatable bonds is 5. The van der Waals surface area contributed by atoms with Crippen molar-refractivity contribution in [3.05, 3.63) is 29.8 Å². The number of piperidine rings is 1. The minimum absolute atomic E-state index is 0.195. The molecule has 6 nitrogen and oxygen atoms in total. The molecule has 2 amide bonds. The van der Waals surface area contributed by atoms with Gasteiger partial charge in [-0.3, -0.25) is 4.79 Å². The molecule has 6 heteroatoms. The monoisotopic (exact) mass is 320 g/mol. The van der Waals surface area contributed by atoms with E-state index in [1.165, 1.54) is 0 Å². The Labute approximate surface area is 136 Å². The van der Waals surface area contributed by atoms with Crippen molar-refractivity contribution < 1.29 is 19.4 Å². The Hall–Kier alpha value is -2.24. The Kier molecular flexibility index (Phi) is 5.84. The summed E-state index contributed by atoms with van der Waals surface area (Å²) in [5, 5.41) is 12.0. The van der Waals surface area contributed by atoms with Gasteiger partial charge >= 0.3 is 12.0 Å². The number of nitrogens with one attached hydrogen (secondary N) is 1. The second-order valence-corrected chi connectivity index (χ2v) is 6.02. The fourth-order valence-electron chi connectivity index (χ4n) is 2.86. The van der Waals surface area contributed by atoms with E-state index in [9.17, 15) is 9.59 Å². The van der Waals surface area contributed by atoms with E-state index in [4.69, 9.17) is 9.84 Å². The summed E-state index contributed by atoms with van der Waals surface area (Å²) in [5.74, 6) is -0.311. The summed E-state index contributed by atoms with van der Waals surface area (Å²) in [6.07, 6.45) is 0.623. The number of carboxylic acids is 1. The van der Waals surface area contributed by atoms with Gasteiger partial charge in [0.15, 0.2) is 0 Å². The molecule has 2 rings (SSSR count). The average molecular weight is 320 g/mol. The van der Waals surface area contributed by atoms with Crippen molar-refractivity contribution >= 4 is 12.0 Å². The highest BCUT2D eigenvalue weighted by Crippen LogP contribution is 2.21. The van der Waals surface area contributed by atoms with Gasteiger partial charge in [-0.05, 0) is 37.0 Å². The van der Waals surface area contributed by atoms with Gasteiger partial charge in [0.05, 0.1) is 12.5 Å². The van der Waals surface area contributed by atoms with Crippen LogP contribution in [-0.4, -0.2) is 41.7 Å². The molecular formula is C17H24N2O4. The number of hydrogen-bond donors (Lipinski definition) is 2. The lowest BCUT2D eigenvalue weighted by atomic mass is 9.91. The van der Waals surface area contributed by atoms with Gasteiger partial charge in [-0.1, -0.05) is 19.1 Å².